The minimum Gasteiger partial charge on any atom is -0.508 e. The number of benzene rings is 2. The summed E-state index contributed by atoms with van der Waals surface area (Å²) < 4.78 is 0. The van der Waals surface area contributed by atoms with Crippen molar-refractivity contribution >= 4 is 35.0 Å². The zero-order valence-corrected chi connectivity index (χ0v) is 15.5. The minimum atomic E-state index is 0.258. The molecule has 0 saturated heterocycles. The van der Waals surface area contributed by atoms with Gasteiger partial charge in [0.25, 0.3) is 0 Å². The van der Waals surface area contributed by atoms with E-state index in [4.69, 9.17) is 23.2 Å². The van der Waals surface area contributed by atoms with Crippen molar-refractivity contribution in [2.24, 2.45) is 0 Å². The molecule has 1 N–H and O–H groups in total. The second kappa shape index (κ2) is 10.0. The van der Waals surface area contributed by atoms with E-state index in [9.17, 15) is 5.11 Å². The molecule has 22 heavy (non-hydrogen) atoms. The number of phenolic OH excluding ortho intramolecular Hbond substituents is 1. The summed E-state index contributed by atoms with van der Waals surface area (Å²) in [6.07, 6.45) is 4.50. The number of hydrogen-bond donors (Lipinski definition) is 1. The van der Waals surface area contributed by atoms with Crippen molar-refractivity contribution in [2.75, 3.05) is 0 Å². The van der Waals surface area contributed by atoms with Crippen LogP contribution in [0.4, 0.5) is 0 Å². The van der Waals surface area contributed by atoms with Crippen LogP contribution >= 0.6 is 35.0 Å². The summed E-state index contributed by atoms with van der Waals surface area (Å²) in [5.74, 6) is 0.258. The number of hydrogen-bond acceptors (Lipinski definition) is 2. The van der Waals surface area contributed by atoms with Crippen molar-refractivity contribution in [3.05, 3.63) is 52.0 Å². The van der Waals surface area contributed by atoms with Gasteiger partial charge in [0.15, 0.2) is 0 Å². The number of rotatable bonds is 2. The Hall–Kier alpha value is -0.830. The van der Waals surface area contributed by atoms with Crippen LogP contribution < -0.4 is 0 Å². The predicted octanol–water partition coefficient (Wildman–Crippen LogP) is 7.36. The zero-order chi connectivity index (χ0) is 16.5. The lowest BCUT2D eigenvalue weighted by molar-refractivity contribution is 0.475. The molecular weight excluding hydrogens is 335 g/mol. The molecule has 0 unspecified atom stereocenters. The Morgan fingerprint density at radius 3 is 1.95 bits per heavy atom. The van der Waals surface area contributed by atoms with Crippen LogP contribution in [0.1, 0.15) is 38.7 Å². The summed E-state index contributed by atoms with van der Waals surface area (Å²) in [4.78, 5) is 2.01. The van der Waals surface area contributed by atoms with Crippen LogP contribution in [0.3, 0.4) is 0 Å². The monoisotopic (exact) mass is 356 g/mol. The molecule has 2 aromatic rings. The Morgan fingerprint density at radius 2 is 1.50 bits per heavy atom. The standard InChI is InChI=1S/C13H10Cl2OS.C3H6.C2H6/c1-8-6-9(14)7-12(15)13(8)17-11-4-2-10(16)3-5-11;1-2-3-1;1-2/h2-7,16H,1H3;1-3H2;1-2H3. The fraction of sp³-hybridized carbons (Fsp3) is 0.333. The third-order valence-electron chi connectivity index (χ3n) is 2.60. The topological polar surface area (TPSA) is 20.2 Å². The normalized spacial score (nSPS) is 11.7. The van der Waals surface area contributed by atoms with Gasteiger partial charge in [-0.15, -0.1) is 0 Å². The van der Waals surface area contributed by atoms with Crippen LogP contribution in [0.2, 0.25) is 10.0 Å². The van der Waals surface area contributed by atoms with Crippen LogP contribution in [0.25, 0.3) is 0 Å². The lowest BCUT2D eigenvalue weighted by Crippen LogP contribution is -1.82. The first-order valence-corrected chi connectivity index (χ1v) is 9.06. The van der Waals surface area contributed by atoms with Gasteiger partial charge in [0, 0.05) is 14.8 Å². The van der Waals surface area contributed by atoms with Gasteiger partial charge in [-0.3, -0.25) is 0 Å². The lowest BCUT2D eigenvalue weighted by Gasteiger charge is -2.08. The molecule has 1 aliphatic carbocycles. The van der Waals surface area contributed by atoms with E-state index in [2.05, 4.69) is 0 Å². The molecule has 0 aromatic heterocycles. The summed E-state index contributed by atoms with van der Waals surface area (Å²) in [7, 11) is 0. The maximum Gasteiger partial charge on any atom is 0.115 e. The van der Waals surface area contributed by atoms with Gasteiger partial charge in [-0.05, 0) is 48.9 Å². The van der Waals surface area contributed by atoms with Crippen molar-refractivity contribution in [3.63, 3.8) is 0 Å². The van der Waals surface area contributed by atoms with Crippen LogP contribution in [-0.4, -0.2) is 5.11 Å². The van der Waals surface area contributed by atoms with Gasteiger partial charge < -0.3 is 5.11 Å². The molecule has 1 fully saturated rings. The van der Waals surface area contributed by atoms with E-state index in [0.29, 0.717) is 10.0 Å². The highest BCUT2D eigenvalue weighted by Gasteiger charge is 2.08. The van der Waals surface area contributed by atoms with Crippen LogP contribution in [0, 0.1) is 6.92 Å². The fourth-order valence-corrected chi connectivity index (χ4v) is 3.05. The van der Waals surface area contributed by atoms with E-state index in [1.54, 1.807) is 30.0 Å². The molecule has 2 aromatic carbocycles. The number of phenols is 1. The van der Waals surface area contributed by atoms with Crippen molar-refractivity contribution in [1.82, 2.24) is 0 Å². The van der Waals surface area contributed by atoms with Crippen molar-refractivity contribution < 1.29 is 5.11 Å². The Bertz CT molecular complexity index is 554. The Kier molecular flexibility index (Phi) is 8.77. The number of aryl methyl sites for hydroxylation is 1. The average molecular weight is 357 g/mol. The van der Waals surface area contributed by atoms with Gasteiger partial charge in [-0.2, -0.15) is 0 Å². The average Bonchev–Trinajstić information content (AvgIpc) is 3.35. The summed E-state index contributed by atoms with van der Waals surface area (Å²) >= 11 is 13.6. The van der Waals surface area contributed by atoms with E-state index in [1.807, 2.05) is 39.0 Å². The molecule has 0 atom stereocenters. The van der Waals surface area contributed by atoms with Crippen molar-refractivity contribution in [3.8, 4) is 5.75 Å². The highest BCUT2D eigenvalue weighted by atomic mass is 35.5. The fourth-order valence-electron chi connectivity index (χ4n) is 1.45. The first-order chi connectivity index (χ1) is 10.6. The molecule has 120 valence electrons. The van der Waals surface area contributed by atoms with Crippen LogP contribution in [0.5, 0.6) is 5.75 Å². The minimum absolute atomic E-state index is 0.258. The zero-order valence-electron chi connectivity index (χ0n) is 13.2. The molecule has 0 radical (unpaired) electrons. The molecule has 1 saturated carbocycles. The Balaban J connectivity index is 0.000000419. The Morgan fingerprint density at radius 1 is 0.955 bits per heavy atom. The number of halogens is 2. The molecular formula is C18H22Cl2OS. The first-order valence-electron chi connectivity index (χ1n) is 7.49. The quantitative estimate of drug-likeness (QED) is 0.606. The molecule has 3 rings (SSSR count). The highest BCUT2D eigenvalue weighted by Crippen LogP contribution is 2.37. The van der Waals surface area contributed by atoms with Crippen molar-refractivity contribution in [1.29, 1.82) is 0 Å². The molecule has 0 heterocycles. The van der Waals surface area contributed by atoms with Crippen molar-refractivity contribution in [2.45, 2.75) is 49.8 Å². The predicted molar refractivity (Wildman–Crippen MR) is 98.6 cm³/mol. The SMILES string of the molecule is C1CC1.CC.Cc1cc(Cl)cc(Cl)c1Sc1ccc(O)cc1. The van der Waals surface area contributed by atoms with E-state index in [0.717, 1.165) is 15.4 Å². The summed E-state index contributed by atoms with van der Waals surface area (Å²) in [6, 6.07) is 10.6. The smallest absolute Gasteiger partial charge is 0.115 e. The highest BCUT2D eigenvalue weighted by molar-refractivity contribution is 7.99. The maximum absolute atomic E-state index is 9.22. The summed E-state index contributed by atoms with van der Waals surface area (Å²) in [5, 5.41) is 10.5. The molecule has 0 amide bonds. The molecule has 0 bridgehead atoms. The van der Waals surface area contributed by atoms with E-state index >= 15 is 0 Å². The summed E-state index contributed by atoms with van der Waals surface area (Å²) in [5.41, 5.74) is 1.04. The van der Waals surface area contributed by atoms with E-state index in [-0.39, 0.29) is 5.75 Å². The summed E-state index contributed by atoms with van der Waals surface area (Å²) in [6.45, 7) is 5.97. The van der Waals surface area contributed by atoms with Crippen LogP contribution in [-0.2, 0) is 0 Å². The van der Waals surface area contributed by atoms with Gasteiger partial charge in [0.1, 0.15) is 5.75 Å². The molecule has 0 aliphatic heterocycles. The number of aromatic hydroxyl groups is 1. The molecule has 0 spiro atoms. The van der Waals surface area contributed by atoms with E-state index < -0.39 is 0 Å². The second-order valence-corrected chi connectivity index (χ2v) is 6.62. The van der Waals surface area contributed by atoms with Gasteiger partial charge >= 0.3 is 0 Å². The second-order valence-electron chi connectivity index (χ2n) is 4.69. The van der Waals surface area contributed by atoms with Gasteiger partial charge in [0.2, 0.25) is 0 Å². The van der Waals surface area contributed by atoms with Gasteiger partial charge in [-0.1, -0.05) is 68.1 Å². The third-order valence-corrected chi connectivity index (χ3v) is 4.49. The molecule has 1 aliphatic rings. The maximum atomic E-state index is 9.22. The molecule has 4 heteroatoms. The molecule has 1 nitrogen and oxygen atoms in total. The largest absolute Gasteiger partial charge is 0.508 e. The lowest BCUT2D eigenvalue weighted by atomic mass is 10.2. The van der Waals surface area contributed by atoms with Crippen LogP contribution in [0.15, 0.2) is 46.2 Å². The first kappa shape index (κ1) is 19.2. The third kappa shape index (κ3) is 6.95. The van der Waals surface area contributed by atoms with Gasteiger partial charge in [-0.25, -0.2) is 0 Å². The van der Waals surface area contributed by atoms with Gasteiger partial charge in [0.05, 0.1) is 5.02 Å². The van der Waals surface area contributed by atoms with E-state index in [1.165, 1.54) is 19.3 Å². The Labute approximate surface area is 147 Å².